The van der Waals surface area contributed by atoms with Crippen molar-refractivity contribution in [2.75, 3.05) is 0 Å². The first-order valence-electron chi connectivity index (χ1n) is 7.47. The van der Waals surface area contributed by atoms with E-state index in [1.54, 1.807) is 0 Å². The van der Waals surface area contributed by atoms with Crippen LogP contribution in [0.2, 0.25) is 0 Å². The van der Waals surface area contributed by atoms with Gasteiger partial charge in [-0.1, -0.05) is 50.7 Å². The van der Waals surface area contributed by atoms with Crippen LogP contribution >= 0.6 is 0 Å². The topological polar surface area (TPSA) is 34.1 Å². The van der Waals surface area contributed by atoms with E-state index in [0.29, 0.717) is 37.2 Å². The molecule has 2 heteroatoms. The number of allylic oxidation sites excluding steroid dienone is 2. The van der Waals surface area contributed by atoms with Crippen molar-refractivity contribution in [1.82, 2.24) is 0 Å². The van der Waals surface area contributed by atoms with Gasteiger partial charge in [0.25, 0.3) is 0 Å². The minimum Gasteiger partial charge on any atom is -0.299 e. The summed E-state index contributed by atoms with van der Waals surface area (Å²) >= 11 is 0. The van der Waals surface area contributed by atoms with Crippen molar-refractivity contribution in [3.05, 3.63) is 12.2 Å². The van der Waals surface area contributed by atoms with Gasteiger partial charge in [-0.3, -0.25) is 9.59 Å². The highest BCUT2D eigenvalue weighted by molar-refractivity contribution is 5.81. The molecule has 0 N–H and O–H groups in total. The van der Waals surface area contributed by atoms with Crippen LogP contribution in [-0.4, -0.2) is 11.6 Å². The third-order valence-corrected chi connectivity index (χ3v) is 3.52. The highest BCUT2D eigenvalue weighted by Crippen LogP contribution is 2.12. The van der Waals surface area contributed by atoms with E-state index in [-0.39, 0.29) is 0 Å². The molecule has 18 heavy (non-hydrogen) atoms. The van der Waals surface area contributed by atoms with Crippen LogP contribution < -0.4 is 0 Å². The quantitative estimate of drug-likeness (QED) is 0.598. The van der Waals surface area contributed by atoms with Crippen LogP contribution in [0.25, 0.3) is 0 Å². The summed E-state index contributed by atoms with van der Waals surface area (Å²) in [7, 11) is 0. The second-order valence-electron chi connectivity index (χ2n) is 5.29. The van der Waals surface area contributed by atoms with Gasteiger partial charge in [0, 0.05) is 25.7 Å². The summed E-state index contributed by atoms with van der Waals surface area (Å²) in [6.45, 7) is 0. The summed E-state index contributed by atoms with van der Waals surface area (Å²) in [5.41, 5.74) is 0. The lowest BCUT2D eigenvalue weighted by Crippen LogP contribution is -1.98. The molecule has 0 spiro atoms. The van der Waals surface area contributed by atoms with Gasteiger partial charge >= 0.3 is 0 Å². The van der Waals surface area contributed by atoms with Gasteiger partial charge in [0.1, 0.15) is 11.6 Å². The minimum atomic E-state index is 0.311. The van der Waals surface area contributed by atoms with E-state index in [4.69, 9.17) is 0 Å². The van der Waals surface area contributed by atoms with Crippen LogP contribution in [0.5, 0.6) is 0 Å². The molecule has 0 aromatic heterocycles. The first kappa shape index (κ1) is 15.1. The molecule has 1 aliphatic rings. The SMILES string of the molecule is O=C1C/C=C/CC(=O)CCCCCCCCCC1. The van der Waals surface area contributed by atoms with Gasteiger partial charge in [0.15, 0.2) is 0 Å². The Kier molecular flexibility index (Phi) is 8.45. The third-order valence-electron chi connectivity index (χ3n) is 3.52. The second kappa shape index (κ2) is 10.0. The van der Waals surface area contributed by atoms with Gasteiger partial charge in [-0.05, 0) is 12.8 Å². The molecular weight excluding hydrogens is 224 g/mol. The Hall–Kier alpha value is -0.920. The minimum absolute atomic E-state index is 0.311. The molecule has 0 amide bonds. The Labute approximate surface area is 111 Å². The molecule has 0 unspecified atom stereocenters. The van der Waals surface area contributed by atoms with E-state index in [1.807, 2.05) is 12.2 Å². The first-order valence-corrected chi connectivity index (χ1v) is 7.47. The highest BCUT2D eigenvalue weighted by atomic mass is 16.1. The van der Waals surface area contributed by atoms with Crippen molar-refractivity contribution >= 4 is 11.6 Å². The average Bonchev–Trinajstić information content (AvgIpc) is 2.35. The summed E-state index contributed by atoms with van der Waals surface area (Å²) in [5.74, 6) is 0.622. The maximum absolute atomic E-state index is 11.5. The number of Topliss-reactive ketones (excluding diaryl/α,β-unsaturated/α-hetero) is 2. The van der Waals surface area contributed by atoms with Gasteiger partial charge in [-0.15, -0.1) is 0 Å². The number of ketones is 2. The van der Waals surface area contributed by atoms with Gasteiger partial charge < -0.3 is 0 Å². The summed E-state index contributed by atoms with van der Waals surface area (Å²) < 4.78 is 0. The highest BCUT2D eigenvalue weighted by Gasteiger charge is 2.02. The van der Waals surface area contributed by atoms with Gasteiger partial charge in [0.05, 0.1) is 0 Å². The van der Waals surface area contributed by atoms with Crippen LogP contribution in [0.15, 0.2) is 12.2 Å². The van der Waals surface area contributed by atoms with Crippen LogP contribution in [0.1, 0.15) is 77.0 Å². The summed E-state index contributed by atoms with van der Waals surface area (Å²) in [5, 5.41) is 0. The maximum Gasteiger partial charge on any atom is 0.136 e. The van der Waals surface area contributed by atoms with E-state index in [9.17, 15) is 9.59 Å². The number of hydrogen-bond acceptors (Lipinski definition) is 2. The van der Waals surface area contributed by atoms with Crippen LogP contribution in [0.4, 0.5) is 0 Å². The molecule has 0 fully saturated rings. The van der Waals surface area contributed by atoms with E-state index in [1.165, 1.54) is 38.5 Å². The molecule has 0 aromatic carbocycles. The molecule has 0 atom stereocenters. The standard InChI is InChI=1S/C16H26O2/c17-15-11-7-5-3-1-2-4-6-8-12-16(18)14-10-9-13-15/h9-10H,1-8,11-14H2/b10-9+. The molecule has 0 heterocycles. The van der Waals surface area contributed by atoms with Crippen molar-refractivity contribution < 1.29 is 9.59 Å². The lowest BCUT2D eigenvalue weighted by atomic mass is 10.0. The Bertz CT molecular complexity index is 251. The van der Waals surface area contributed by atoms with E-state index >= 15 is 0 Å². The maximum atomic E-state index is 11.5. The fraction of sp³-hybridized carbons (Fsp3) is 0.750. The monoisotopic (exact) mass is 250 g/mol. The fourth-order valence-corrected chi connectivity index (χ4v) is 2.34. The zero-order valence-electron chi connectivity index (χ0n) is 11.5. The molecule has 0 saturated heterocycles. The van der Waals surface area contributed by atoms with Crippen LogP contribution in [-0.2, 0) is 9.59 Å². The van der Waals surface area contributed by atoms with Crippen molar-refractivity contribution in [2.24, 2.45) is 0 Å². The molecule has 1 rings (SSSR count). The Morgan fingerprint density at radius 2 is 0.889 bits per heavy atom. The van der Waals surface area contributed by atoms with Crippen molar-refractivity contribution in [2.45, 2.75) is 77.0 Å². The summed E-state index contributed by atoms with van der Waals surface area (Å²) in [4.78, 5) is 23.0. The molecule has 0 aliphatic heterocycles. The molecule has 1 aliphatic carbocycles. The van der Waals surface area contributed by atoms with E-state index in [0.717, 1.165) is 12.8 Å². The van der Waals surface area contributed by atoms with Crippen LogP contribution in [0.3, 0.4) is 0 Å². The number of hydrogen-bond donors (Lipinski definition) is 0. The van der Waals surface area contributed by atoms with E-state index < -0.39 is 0 Å². The van der Waals surface area contributed by atoms with Crippen molar-refractivity contribution in [3.8, 4) is 0 Å². The zero-order chi connectivity index (χ0) is 13.1. The molecule has 0 radical (unpaired) electrons. The van der Waals surface area contributed by atoms with Gasteiger partial charge in [-0.2, -0.15) is 0 Å². The molecule has 102 valence electrons. The van der Waals surface area contributed by atoms with E-state index in [2.05, 4.69) is 0 Å². The Balaban J connectivity index is 2.31. The second-order valence-corrected chi connectivity index (χ2v) is 5.29. The average molecular weight is 250 g/mol. The normalized spacial score (nSPS) is 23.8. The predicted molar refractivity (Wildman–Crippen MR) is 74.6 cm³/mol. The smallest absolute Gasteiger partial charge is 0.136 e. The molecular formula is C16H26O2. The van der Waals surface area contributed by atoms with Crippen LogP contribution in [0, 0.1) is 0 Å². The van der Waals surface area contributed by atoms with Gasteiger partial charge in [-0.25, -0.2) is 0 Å². The Morgan fingerprint density at radius 1 is 0.556 bits per heavy atom. The van der Waals surface area contributed by atoms with Crippen molar-refractivity contribution in [1.29, 1.82) is 0 Å². The molecule has 2 nitrogen and oxygen atoms in total. The largest absolute Gasteiger partial charge is 0.299 e. The number of carbonyl (C=O) groups is 2. The lowest BCUT2D eigenvalue weighted by molar-refractivity contribution is -0.119. The Morgan fingerprint density at radius 3 is 1.28 bits per heavy atom. The summed E-state index contributed by atoms with van der Waals surface area (Å²) in [6.07, 6.45) is 15.7. The fourth-order valence-electron chi connectivity index (χ4n) is 2.34. The summed E-state index contributed by atoms with van der Waals surface area (Å²) in [6, 6.07) is 0. The van der Waals surface area contributed by atoms with Gasteiger partial charge in [0.2, 0.25) is 0 Å². The predicted octanol–water partition coefficient (Wildman–Crippen LogP) is 4.38. The molecule has 0 aromatic rings. The number of rotatable bonds is 0. The first-order chi connectivity index (χ1) is 8.79. The number of carbonyl (C=O) groups excluding carboxylic acids is 2. The lowest BCUT2D eigenvalue weighted by Gasteiger charge is -2.03. The molecule has 0 saturated carbocycles. The zero-order valence-corrected chi connectivity index (χ0v) is 11.5. The third kappa shape index (κ3) is 8.21. The van der Waals surface area contributed by atoms with Crippen molar-refractivity contribution in [3.63, 3.8) is 0 Å². The molecule has 0 bridgehead atoms.